The number of carbonyl (C=O) groups excluding carboxylic acids is 1. The zero-order chi connectivity index (χ0) is 13.7. The normalized spacial score (nSPS) is 23.1. The molecule has 0 spiro atoms. The molecular formula is C14H20BrN3O. The number of halogens is 1. The standard InChI is InChI=1S/C14H20BrN3O/c1-2-6-14(7-4-8-16-10-14)13(19)18-12-11(15)5-3-9-17-12/h3,5,9,16H,2,4,6-8,10H2,1H3,(H,17,18,19). The van der Waals surface area contributed by atoms with Gasteiger partial charge < -0.3 is 10.6 Å². The predicted octanol–water partition coefficient (Wildman–Crippen LogP) is 2.95. The molecule has 4 nitrogen and oxygen atoms in total. The highest BCUT2D eigenvalue weighted by Gasteiger charge is 2.38. The molecule has 1 aliphatic heterocycles. The second-order valence-electron chi connectivity index (χ2n) is 5.10. The van der Waals surface area contributed by atoms with Crippen LogP contribution >= 0.6 is 15.9 Å². The number of pyridine rings is 1. The fraction of sp³-hybridized carbons (Fsp3) is 0.571. The molecule has 1 amide bonds. The zero-order valence-corrected chi connectivity index (χ0v) is 12.8. The van der Waals surface area contributed by atoms with Crippen LogP contribution in [0, 0.1) is 5.41 Å². The van der Waals surface area contributed by atoms with Crippen LogP contribution in [0.4, 0.5) is 5.82 Å². The molecule has 1 unspecified atom stereocenters. The number of nitrogens with zero attached hydrogens (tertiary/aromatic N) is 1. The third-order valence-electron chi connectivity index (χ3n) is 3.67. The SMILES string of the molecule is CCCC1(C(=O)Nc2ncccc2Br)CCCNC1. The van der Waals surface area contributed by atoms with Crippen LogP contribution in [0.5, 0.6) is 0 Å². The molecule has 104 valence electrons. The molecule has 0 bridgehead atoms. The molecule has 0 saturated carbocycles. The van der Waals surface area contributed by atoms with Crippen molar-refractivity contribution in [3.8, 4) is 0 Å². The monoisotopic (exact) mass is 325 g/mol. The molecule has 0 aromatic carbocycles. The lowest BCUT2D eigenvalue weighted by Gasteiger charge is -2.36. The first kappa shape index (κ1) is 14.5. The minimum Gasteiger partial charge on any atom is -0.316 e. The number of aromatic nitrogens is 1. The van der Waals surface area contributed by atoms with E-state index in [1.165, 1.54) is 0 Å². The van der Waals surface area contributed by atoms with Crippen LogP contribution in [-0.2, 0) is 4.79 Å². The van der Waals surface area contributed by atoms with Crippen LogP contribution in [0.15, 0.2) is 22.8 Å². The molecule has 19 heavy (non-hydrogen) atoms. The van der Waals surface area contributed by atoms with Crippen molar-refractivity contribution in [3.63, 3.8) is 0 Å². The maximum Gasteiger partial charge on any atom is 0.233 e. The number of nitrogens with one attached hydrogen (secondary N) is 2. The topological polar surface area (TPSA) is 54.0 Å². The van der Waals surface area contributed by atoms with Crippen LogP contribution in [0.2, 0.25) is 0 Å². The van der Waals surface area contributed by atoms with Gasteiger partial charge in [0.2, 0.25) is 5.91 Å². The third-order valence-corrected chi connectivity index (χ3v) is 4.31. The van der Waals surface area contributed by atoms with Crippen molar-refractivity contribution in [2.24, 2.45) is 5.41 Å². The van der Waals surface area contributed by atoms with Crippen molar-refractivity contribution in [3.05, 3.63) is 22.8 Å². The number of piperidine rings is 1. The molecule has 0 radical (unpaired) electrons. The second-order valence-corrected chi connectivity index (χ2v) is 5.95. The van der Waals surface area contributed by atoms with Gasteiger partial charge in [-0.15, -0.1) is 0 Å². The number of carbonyl (C=O) groups is 1. The lowest BCUT2D eigenvalue weighted by molar-refractivity contribution is -0.127. The Balaban J connectivity index is 2.14. The third kappa shape index (κ3) is 3.34. The van der Waals surface area contributed by atoms with E-state index in [0.717, 1.165) is 43.2 Å². The summed E-state index contributed by atoms with van der Waals surface area (Å²) in [4.78, 5) is 16.8. The van der Waals surface area contributed by atoms with Gasteiger partial charge in [-0.1, -0.05) is 13.3 Å². The Kier molecular flexibility index (Phi) is 4.93. The summed E-state index contributed by atoms with van der Waals surface area (Å²) in [6.45, 7) is 3.89. The van der Waals surface area contributed by atoms with Gasteiger partial charge in [0, 0.05) is 12.7 Å². The molecule has 5 heteroatoms. The molecular weight excluding hydrogens is 306 g/mol. The lowest BCUT2D eigenvalue weighted by Crippen LogP contribution is -2.48. The van der Waals surface area contributed by atoms with Crippen LogP contribution in [-0.4, -0.2) is 24.0 Å². The van der Waals surface area contributed by atoms with E-state index in [0.29, 0.717) is 5.82 Å². The highest BCUT2D eigenvalue weighted by Crippen LogP contribution is 2.33. The van der Waals surface area contributed by atoms with E-state index in [4.69, 9.17) is 0 Å². The van der Waals surface area contributed by atoms with Gasteiger partial charge >= 0.3 is 0 Å². The number of amides is 1. The van der Waals surface area contributed by atoms with E-state index in [1.807, 2.05) is 12.1 Å². The van der Waals surface area contributed by atoms with Gasteiger partial charge in [-0.25, -0.2) is 4.98 Å². The van der Waals surface area contributed by atoms with Crippen LogP contribution in [0.3, 0.4) is 0 Å². The van der Waals surface area contributed by atoms with Gasteiger partial charge in [0.15, 0.2) is 0 Å². The zero-order valence-electron chi connectivity index (χ0n) is 11.2. The molecule has 2 N–H and O–H groups in total. The van der Waals surface area contributed by atoms with E-state index in [2.05, 4.69) is 38.5 Å². The van der Waals surface area contributed by atoms with Crippen molar-refractivity contribution < 1.29 is 4.79 Å². The van der Waals surface area contributed by atoms with E-state index in [-0.39, 0.29) is 11.3 Å². The van der Waals surface area contributed by atoms with Gasteiger partial charge in [-0.3, -0.25) is 4.79 Å². The van der Waals surface area contributed by atoms with Gasteiger partial charge in [0.05, 0.1) is 9.89 Å². The minimum absolute atomic E-state index is 0.0842. The average molecular weight is 326 g/mol. The van der Waals surface area contributed by atoms with Crippen molar-refractivity contribution in [1.82, 2.24) is 10.3 Å². The van der Waals surface area contributed by atoms with Crippen LogP contribution in [0.25, 0.3) is 0 Å². The summed E-state index contributed by atoms with van der Waals surface area (Å²) in [5.74, 6) is 0.689. The Morgan fingerprint density at radius 3 is 3.11 bits per heavy atom. The largest absolute Gasteiger partial charge is 0.316 e. The summed E-state index contributed by atoms with van der Waals surface area (Å²) in [5, 5.41) is 6.32. The second kappa shape index (κ2) is 6.48. The maximum absolute atomic E-state index is 12.6. The number of anilines is 1. The van der Waals surface area contributed by atoms with Crippen molar-refractivity contribution >= 4 is 27.7 Å². The van der Waals surface area contributed by atoms with E-state index >= 15 is 0 Å². The Hall–Kier alpha value is -0.940. The molecule has 2 rings (SSSR count). The number of rotatable bonds is 4. The smallest absolute Gasteiger partial charge is 0.233 e. The molecule has 1 saturated heterocycles. The highest BCUT2D eigenvalue weighted by molar-refractivity contribution is 9.10. The van der Waals surface area contributed by atoms with Gasteiger partial charge in [-0.2, -0.15) is 0 Å². The summed E-state index contributed by atoms with van der Waals surface area (Å²) in [6, 6.07) is 3.72. The van der Waals surface area contributed by atoms with Gasteiger partial charge in [-0.05, 0) is 53.9 Å². The van der Waals surface area contributed by atoms with E-state index in [9.17, 15) is 4.79 Å². The number of hydrogen-bond donors (Lipinski definition) is 2. The van der Waals surface area contributed by atoms with Crippen molar-refractivity contribution in [1.29, 1.82) is 0 Å². The molecule has 1 aliphatic rings. The Bertz CT molecular complexity index is 439. The van der Waals surface area contributed by atoms with E-state index < -0.39 is 0 Å². The first-order valence-electron chi connectivity index (χ1n) is 6.81. The summed E-state index contributed by atoms with van der Waals surface area (Å²) < 4.78 is 0.818. The average Bonchev–Trinajstić information content (AvgIpc) is 2.42. The Morgan fingerprint density at radius 2 is 2.47 bits per heavy atom. The molecule has 1 atom stereocenters. The quantitative estimate of drug-likeness (QED) is 0.894. The maximum atomic E-state index is 12.6. The van der Waals surface area contributed by atoms with Crippen LogP contribution in [0.1, 0.15) is 32.6 Å². The first-order chi connectivity index (χ1) is 9.18. The Labute approximate surface area is 122 Å². The van der Waals surface area contributed by atoms with E-state index in [1.54, 1.807) is 6.20 Å². The van der Waals surface area contributed by atoms with Gasteiger partial charge in [0.1, 0.15) is 5.82 Å². The fourth-order valence-corrected chi connectivity index (χ4v) is 3.04. The minimum atomic E-state index is -0.288. The highest BCUT2D eigenvalue weighted by atomic mass is 79.9. The van der Waals surface area contributed by atoms with Crippen molar-refractivity contribution in [2.75, 3.05) is 18.4 Å². The fourth-order valence-electron chi connectivity index (χ4n) is 2.68. The van der Waals surface area contributed by atoms with Crippen molar-refractivity contribution in [2.45, 2.75) is 32.6 Å². The summed E-state index contributed by atoms with van der Waals surface area (Å²) in [7, 11) is 0. The molecule has 2 heterocycles. The van der Waals surface area contributed by atoms with Gasteiger partial charge in [0.25, 0.3) is 0 Å². The lowest BCUT2D eigenvalue weighted by atomic mass is 9.76. The molecule has 1 aromatic heterocycles. The molecule has 1 fully saturated rings. The summed E-state index contributed by atoms with van der Waals surface area (Å²) in [6.07, 6.45) is 5.61. The summed E-state index contributed by atoms with van der Waals surface area (Å²) in [5.41, 5.74) is -0.288. The predicted molar refractivity (Wildman–Crippen MR) is 80.0 cm³/mol. The molecule has 0 aliphatic carbocycles. The Morgan fingerprint density at radius 1 is 1.63 bits per heavy atom. The summed E-state index contributed by atoms with van der Waals surface area (Å²) >= 11 is 3.41. The molecule has 1 aromatic rings. The first-order valence-corrected chi connectivity index (χ1v) is 7.60. The number of hydrogen-bond acceptors (Lipinski definition) is 3. The van der Waals surface area contributed by atoms with Crippen LogP contribution < -0.4 is 10.6 Å².